The Kier molecular flexibility index (Phi) is 7.48. The molecule has 0 saturated heterocycles. The van der Waals surface area contributed by atoms with Crippen molar-refractivity contribution in [2.75, 3.05) is 0 Å². The maximum atomic E-state index is 10.8. The van der Waals surface area contributed by atoms with Gasteiger partial charge >= 0.3 is 5.97 Å². The molecule has 1 N–H and O–H groups in total. The van der Waals surface area contributed by atoms with Gasteiger partial charge in [-0.25, -0.2) is 0 Å². The van der Waals surface area contributed by atoms with Crippen LogP contribution < -0.4 is 0 Å². The van der Waals surface area contributed by atoms with Gasteiger partial charge in [-0.05, 0) is 26.2 Å². The molecule has 0 heterocycles. The van der Waals surface area contributed by atoms with Gasteiger partial charge in [-0.3, -0.25) is 4.79 Å². The van der Waals surface area contributed by atoms with E-state index >= 15 is 0 Å². The fourth-order valence-electron chi connectivity index (χ4n) is 1.36. The van der Waals surface area contributed by atoms with Crippen molar-refractivity contribution in [2.45, 2.75) is 65.1 Å². The lowest BCUT2D eigenvalue weighted by atomic mass is 10.1. The van der Waals surface area contributed by atoms with Crippen molar-refractivity contribution in [2.24, 2.45) is 0 Å². The van der Waals surface area contributed by atoms with E-state index < -0.39 is 0 Å². The molecule has 0 unspecified atom stereocenters. The highest BCUT2D eigenvalue weighted by Gasteiger charge is 2.12. The van der Waals surface area contributed by atoms with E-state index in [1.54, 1.807) is 6.92 Å². The van der Waals surface area contributed by atoms with Crippen LogP contribution in [0.2, 0.25) is 0 Å². The molecule has 0 radical (unpaired) electrons. The number of carbonyl (C=O) groups excluding carboxylic acids is 1. The highest BCUT2D eigenvalue weighted by Crippen LogP contribution is 2.12. The predicted octanol–water partition coefficient (Wildman–Crippen LogP) is 2.27. The summed E-state index contributed by atoms with van der Waals surface area (Å²) in [6.07, 6.45) is 4.21. The molecule has 0 fully saturated rings. The first-order valence-electron chi connectivity index (χ1n) is 5.41. The molecule has 0 spiro atoms. The van der Waals surface area contributed by atoms with Crippen LogP contribution in [0.1, 0.15) is 52.9 Å². The van der Waals surface area contributed by atoms with Crippen LogP contribution in [-0.4, -0.2) is 23.3 Å². The highest BCUT2D eigenvalue weighted by atomic mass is 16.5. The van der Waals surface area contributed by atoms with Crippen LogP contribution in [0.4, 0.5) is 0 Å². The summed E-state index contributed by atoms with van der Waals surface area (Å²) in [5.41, 5.74) is 0. The van der Waals surface area contributed by atoms with Crippen LogP contribution in [0.3, 0.4) is 0 Å². The van der Waals surface area contributed by atoms with E-state index in [2.05, 4.69) is 6.92 Å². The van der Waals surface area contributed by atoms with Crippen molar-refractivity contribution in [3.05, 3.63) is 0 Å². The van der Waals surface area contributed by atoms with Crippen LogP contribution in [0.25, 0.3) is 0 Å². The number of hydrogen-bond acceptors (Lipinski definition) is 3. The second kappa shape index (κ2) is 7.80. The predicted molar refractivity (Wildman–Crippen MR) is 56.0 cm³/mol. The third kappa shape index (κ3) is 8.05. The van der Waals surface area contributed by atoms with Gasteiger partial charge in [-0.2, -0.15) is 0 Å². The summed E-state index contributed by atoms with van der Waals surface area (Å²) < 4.78 is 5.15. The molecule has 14 heavy (non-hydrogen) atoms. The van der Waals surface area contributed by atoms with E-state index in [1.165, 1.54) is 6.92 Å². The molecule has 0 aromatic heterocycles. The molecule has 0 aliphatic carbocycles. The lowest BCUT2D eigenvalue weighted by Crippen LogP contribution is -2.18. The van der Waals surface area contributed by atoms with Gasteiger partial charge in [0.25, 0.3) is 0 Å². The first kappa shape index (κ1) is 13.4. The number of ether oxygens (including phenoxy) is 1. The Bertz CT molecular complexity index is 155. The van der Waals surface area contributed by atoms with Crippen LogP contribution in [0.15, 0.2) is 0 Å². The molecule has 0 bridgehead atoms. The van der Waals surface area contributed by atoms with Crippen LogP contribution in [0, 0.1) is 0 Å². The Morgan fingerprint density at radius 3 is 2.43 bits per heavy atom. The van der Waals surface area contributed by atoms with Gasteiger partial charge in [0.2, 0.25) is 0 Å². The second-order valence-electron chi connectivity index (χ2n) is 3.80. The lowest BCUT2D eigenvalue weighted by Gasteiger charge is -2.17. The molecule has 84 valence electrons. The third-order valence-electron chi connectivity index (χ3n) is 2.12. The van der Waals surface area contributed by atoms with Crippen molar-refractivity contribution in [1.29, 1.82) is 0 Å². The Labute approximate surface area is 86.5 Å². The smallest absolute Gasteiger partial charge is 0.302 e. The van der Waals surface area contributed by atoms with E-state index in [1.807, 2.05) is 0 Å². The average Bonchev–Trinajstić information content (AvgIpc) is 2.09. The van der Waals surface area contributed by atoms with E-state index in [-0.39, 0.29) is 18.2 Å². The van der Waals surface area contributed by atoms with Crippen molar-refractivity contribution in [1.82, 2.24) is 0 Å². The molecule has 0 aliphatic heterocycles. The third-order valence-corrected chi connectivity index (χ3v) is 2.12. The molecule has 0 saturated carbocycles. The van der Waals surface area contributed by atoms with E-state index in [0.29, 0.717) is 6.42 Å². The highest BCUT2D eigenvalue weighted by molar-refractivity contribution is 5.66. The summed E-state index contributed by atoms with van der Waals surface area (Å²) in [4.78, 5) is 10.8. The fourth-order valence-corrected chi connectivity index (χ4v) is 1.36. The molecule has 0 aromatic rings. The van der Waals surface area contributed by atoms with Crippen LogP contribution >= 0.6 is 0 Å². The normalized spacial score (nSPS) is 14.9. The first-order chi connectivity index (χ1) is 6.56. The lowest BCUT2D eigenvalue weighted by molar-refractivity contribution is -0.147. The van der Waals surface area contributed by atoms with E-state index in [0.717, 1.165) is 25.7 Å². The van der Waals surface area contributed by atoms with Gasteiger partial charge in [-0.15, -0.1) is 0 Å². The Balaban J connectivity index is 3.78. The van der Waals surface area contributed by atoms with Gasteiger partial charge in [0.1, 0.15) is 6.10 Å². The number of unbranched alkanes of at least 4 members (excludes halogenated alkanes) is 1. The van der Waals surface area contributed by atoms with Gasteiger partial charge in [0.05, 0.1) is 6.10 Å². The largest absolute Gasteiger partial charge is 0.463 e. The summed E-state index contributed by atoms with van der Waals surface area (Å²) in [6, 6.07) is 0. The van der Waals surface area contributed by atoms with Crippen molar-refractivity contribution in [3.8, 4) is 0 Å². The summed E-state index contributed by atoms with van der Waals surface area (Å²) >= 11 is 0. The summed E-state index contributed by atoms with van der Waals surface area (Å²) in [5, 5.41) is 9.12. The minimum Gasteiger partial charge on any atom is -0.463 e. The summed E-state index contributed by atoms with van der Waals surface area (Å²) in [7, 11) is 0. The molecule has 3 heteroatoms. The van der Waals surface area contributed by atoms with Crippen molar-refractivity contribution >= 4 is 5.97 Å². The SMILES string of the molecule is CCCC[C@H](CC[C@H](C)O)OC(C)=O. The number of aliphatic hydroxyl groups is 1. The minimum atomic E-state index is -0.310. The maximum Gasteiger partial charge on any atom is 0.302 e. The zero-order chi connectivity index (χ0) is 11.0. The van der Waals surface area contributed by atoms with Crippen LogP contribution in [-0.2, 0) is 9.53 Å². The van der Waals surface area contributed by atoms with Gasteiger partial charge in [0, 0.05) is 6.92 Å². The van der Waals surface area contributed by atoms with Gasteiger partial charge in [0.15, 0.2) is 0 Å². The first-order valence-corrected chi connectivity index (χ1v) is 5.41. The summed E-state index contributed by atoms with van der Waals surface area (Å²) in [6.45, 7) is 5.30. The van der Waals surface area contributed by atoms with Crippen molar-refractivity contribution < 1.29 is 14.6 Å². The topological polar surface area (TPSA) is 46.5 Å². The molecular formula is C11H22O3. The summed E-state index contributed by atoms with van der Waals surface area (Å²) in [5.74, 6) is -0.225. The number of aliphatic hydroxyl groups excluding tert-OH is 1. The molecule has 2 atom stereocenters. The Morgan fingerprint density at radius 1 is 1.36 bits per heavy atom. The van der Waals surface area contributed by atoms with E-state index in [9.17, 15) is 4.79 Å². The molecule has 0 rings (SSSR count). The molecular weight excluding hydrogens is 180 g/mol. The molecule has 0 amide bonds. The van der Waals surface area contributed by atoms with Crippen LogP contribution in [0.5, 0.6) is 0 Å². The average molecular weight is 202 g/mol. The Hall–Kier alpha value is -0.570. The number of rotatable bonds is 7. The van der Waals surface area contributed by atoms with E-state index in [4.69, 9.17) is 9.84 Å². The minimum absolute atomic E-state index is 0.0120. The molecule has 0 aromatic carbocycles. The number of carbonyl (C=O) groups is 1. The zero-order valence-electron chi connectivity index (χ0n) is 9.45. The monoisotopic (exact) mass is 202 g/mol. The zero-order valence-corrected chi connectivity index (χ0v) is 9.45. The second-order valence-corrected chi connectivity index (χ2v) is 3.80. The molecule has 3 nitrogen and oxygen atoms in total. The van der Waals surface area contributed by atoms with Gasteiger partial charge < -0.3 is 9.84 Å². The fraction of sp³-hybridized carbons (Fsp3) is 0.909. The number of hydrogen-bond donors (Lipinski definition) is 1. The Morgan fingerprint density at radius 2 is 2.00 bits per heavy atom. The van der Waals surface area contributed by atoms with Gasteiger partial charge in [-0.1, -0.05) is 19.8 Å². The number of esters is 1. The maximum absolute atomic E-state index is 10.8. The quantitative estimate of drug-likeness (QED) is 0.644. The standard InChI is InChI=1S/C11H22O3/c1-4-5-6-11(14-10(3)13)8-7-9(2)12/h9,11-12H,4-8H2,1-3H3/t9-,11+/m0/s1. The van der Waals surface area contributed by atoms with Crippen molar-refractivity contribution in [3.63, 3.8) is 0 Å². The molecule has 0 aliphatic rings.